The summed E-state index contributed by atoms with van der Waals surface area (Å²) in [4.78, 5) is 4.27. The molecule has 1 fully saturated rings. The molecule has 84 valence electrons. The van der Waals surface area contributed by atoms with E-state index >= 15 is 0 Å². The molecular formula is C8H14F3NO2. The third-order valence-electron chi connectivity index (χ3n) is 2.20. The van der Waals surface area contributed by atoms with Crippen LogP contribution in [0.5, 0.6) is 0 Å². The van der Waals surface area contributed by atoms with E-state index in [4.69, 9.17) is 0 Å². The molecule has 14 heavy (non-hydrogen) atoms. The van der Waals surface area contributed by atoms with Gasteiger partial charge in [0.1, 0.15) is 0 Å². The predicted octanol–water partition coefficient (Wildman–Crippen LogP) is 1.37. The van der Waals surface area contributed by atoms with Gasteiger partial charge in [-0.3, -0.25) is 4.84 Å². The van der Waals surface area contributed by atoms with Crippen molar-refractivity contribution in [1.82, 2.24) is 5.48 Å². The lowest BCUT2D eigenvalue weighted by Crippen LogP contribution is -2.43. The Kier molecular flexibility index (Phi) is 4.15. The summed E-state index contributed by atoms with van der Waals surface area (Å²) in [6.45, 7) is -1.32. The number of hydrogen-bond donors (Lipinski definition) is 2. The number of alkyl halides is 3. The van der Waals surface area contributed by atoms with Gasteiger partial charge >= 0.3 is 6.18 Å². The van der Waals surface area contributed by atoms with E-state index < -0.39 is 18.9 Å². The van der Waals surface area contributed by atoms with E-state index in [2.05, 4.69) is 10.3 Å². The van der Waals surface area contributed by atoms with E-state index in [1.807, 2.05) is 0 Å². The van der Waals surface area contributed by atoms with Crippen LogP contribution in [0.25, 0.3) is 0 Å². The van der Waals surface area contributed by atoms with Gasteiger partial charge < -0.3 is 5.11 Å². The maximum Gasteiger partial charge on any atom is 0.413 e. The smallest absolute Gasteiger partial charge is 0.391 e. The van der Waals surface area contributed by atoms with Crippen molar-refractivity contribution in [2.45, 2.75) is 44.0 Å². The molecule has 0 heterocycles. The summed E-state index contributed by atoms with van der Waals surface area (Å²) in [5.41, 5.74) is 2.26. The molecule has 0 aromatic heterocycles. The van der Waals surface area contributed by atoms with E-state index in [0.717, 1.165) is 12.8 Å². The van der Waals surface area contributed by atoms with Gasteiger partial charge in [-0.2, -0.15) is 18.7 Å². The van der Waals surface area contributed by atoms with Crippen LogP contribution in [0.4, 0.5) is 13.2 Å². The molecule has 1 rings (SSSR count). The van der Waals surface area contributed by atoms with E-state index in [1.165, 1.54) is 0 Å². The van der Waals surface area contributed by atoms with Crippen LogP contribution in [-0.2, 0) is 4.84 Å². The second kappa shape index (κ2) is 4.95. The Morgan fingerprint density at radius 1 is 1.29 bits per heavy atom. The molecule has 0 bridgehead atoms. The van der Waals surface area contributed by atoms with Gasteiger partial charge in [0.25, 0.3) is 0 Å². The number of aliphatic hydroxyl groups excluding tert-OH is 1. The molecule has 1 aliphatic rings. The fraction of sp³-hybridized carbons (Fsp3) is 1.00. The summed E-state index contributed by atoms with van der Waals surface area (Å²) in [5, 5.41) is 9.37. The molecule has 0 radical (unpaired) electrons. The Morgan fingerprint density at radius 2 is 1.93 bits per heavy atom. The molecule has 0 saturated heterocycles. The van der Waals surface area contributed by atoms with E-state index in [1.54, 1.807) is 0 Å². The van der Waals surface area contributed by atoms with Gasteiger partial charge in [0.15, 0.2) is 6.61 Å². The Hall–Kier alpha value is -0.330. The number of rotatable bonds is 3. The second-order valence-corrected chi connectivity index (χ2v) is 3.48. The maximum atomic E-state index is 11.7. The van der Waals surface area contributed by atoms with Gasteiger partial charge in [0.05, 0.1) is 12.1 Å². The van der Waals surface area contributed by atoms with Crippen LogP contribution in [0.2, 0.25) is 0 Å². The quantitative estimate of drug-likeness (QED) is 0.696. The van der Waals surface area contributed by atoms with Crippen LogP contribution in [0.1, 0.15) is 25.7 Å². The maximum absolute atomic E-state index is 11.7. The number of hydroxylamine groups is 1. The van der Waals surface area contributed by atoms with E-state index in [-0.39, 0.29) is 6.04 Å². The van der Waals surface area contributed by atoms with Crippen molar-refractivity contribution in [2.75, 3.05) is 6.61 Å². The minimum absolute atomic E-state index is 0.369. The molecular weight excluding hydrogens is 199 g/mol. The van der Waals surface area contributed by atoms with Gasteiger partial charge in [-0.05, 0) is 12.8 Å². The van der Waals surface area contributed by atoms with Gasteiger partial charge in [-0.1, -0.05) is 12.8 Å². The van der Waals surface area contributed by atoms with Crippen LogP contribution in [0, 0.1) is 0 Å². The zero-order valence-electron chi connectivity index (χ0n) is 7.68. The van der Waals surface area contributed by atoms with E-state index in [0.29, 0.717) is 12.8 Å². The van der Waals surface area contributed by atoms with Crippen molar-refractivity contribution < 1.29 is 23.1 Å². The Labute approximate surface area is 80.2 Å². The lowest BCUT2D eigenvalue weighted by atomic mass is 9.93. The van der Waals surface area contributed by atoms with Crippen LogP contribution in [-0.4, -0.2) is 30.0 Å². The Morgan fingerprint density at radius 3 is 2.50 bits per heavy atom. The summed E-state index contributed by atoms with van der Waals surface area (Å²) < 4.78 is 35.0. The molecule has 0 aromatic carbocycles. The van der Waals surface area contributed by atoms with Crippen molar-refractivity contribution >= 4 is 0 Å². The number of hydrogen-bond acceptors (Lipinski definition) is 3. The molecule has 0 aromatic rings. The molecule has 2 atom stereocenters. The van der Waals surface area contributed by atoms with Crippen molar-refractivity contribution in [3.8, 4) is 0 Å². The van der Waals surface area contributed by atoms with Crippen molar-refractivity contribution in [3.05, 3.63) is 0 Å². The minimum Gasteiger partial charge on any atom is -0.391 e. The highest BCUT2D eigenvalue weighted by Crippen LogP contribution is 2.19. The summed E-state index contributed by atoms with van der Waals surface area (Å²) >= 11 is 0. The van der Waals surface area contributed by atoms with Crippen molar-refractivity contribution in [2.24, 2.45) is 0 Å². The first-order valence-corrected chi connectivity index (χ1v) is 4.61. The third kappa shape index (κ3) is 4.26. The van der Waals surface area contributed by atoms with Gasteiger partial charge in [0, 0.05) is 0 Å². The highest BCUT2D eigenvalue weighted by atomic mass is 19.4. The van der Waals surface area contributed by atoms with Gasteiger partial charge in [-0.25, -0.2) is 0 Å². The Balaban J connectivity index is 2.17. The Bertz CT molecular complexity index is 174. The first kappa shape index (κ1) is 11.7. The highest BCUT2D eigenvalue weighted by Gasteiger charge is 2.29. The van der Waals surface area contributed by atoms with Crippen LogP contribution < -0.4 is 5.48 Å². The topological polar surface area (TPSA) is 41.5 Å². The molecule has 1 aliphatic carbocycles. The van der Waals surface area contributed by atoms with Crippen LogP contribution in [0.15, 0.2) is 0 Å². The van der Waals surface area contributed by atoms with E-state index in [9.17, 15) is 18.3 Å². The monoisotopic (exact) mass is 213 g/mol. The van der Waals surface area contributed by atoms with Crippen LogP contribution in [0.3, 0.4) is 0 Å². The molecule has 3 nitrogen and oxygen atoms in total. The predicted molar refractivity (Wildman–Crippen MR) is 43.4 cm³/mol. The average molecular weight is 213 g/mol. The second-order valence-electron chi connectivity index (χ2n) is 3.48. The lowest BCUT2D eigenvalue weighted by Gasteiger charge is -2.27. The van der Waals surface area contributed by atoms with Crippen molar-refractivity contribution in [1.29, 1.82) is 0 Å². The largest absolute Gasteiger partial charge is 0.413 e. The SMILES string of the molecule is O[C@@H]1CCCC[C@H]1NOCC(F)(F)F. The molecule has 0 unspecified atom stereocenters. The summed E-state index contributed by atoms with van der Waals surface area (Å²) in [6.07, 6.45) is -1.83. The summed E-state index contributed by atoms with van der Waals surface area (Å²) in [7, 11) is 0. The molecule has 6 heteroatoms. The number of aliphatic hydroxyl groups is 1. The van der Waals surface area contributed by atoms with Gasteiger partial charge in [0.2, 0.25) is 0 Å². The fourth-order valence-corrected chi connectivity index (χ4v) is 1.48. The first-order valence-electron chi connectivity index (χ1n) is 4.61. The molecule has 1 saturated carbocycles. The average Bonchev–Trinajstić information content (AvgIpc) is 2.06. The standard InChI is InChI=1S/C8H14F3NO2/c9-8(10,11)5-14-12-6-3-1-2-4-7(6)13/h6-7,12-13H,1-5H2/t6-,7-/m1/s1. The first-order chi connectivity index (χ1) is 6.49. The highest BCUT2D eigenvalue weighted by molar-refractivity contribution is 4.77. The lowest BCUT2D eigenvalue weighted by molar-refractivity contribution is -0.197. The normalized spacial score (nSPS) is 29.1. The van der Waals surface area contributed by atoms with Crippen LogP contribution >= 0.6 is 0 Å². The molecule has 0 aliphatic heterocycles. The van der Waals surface area contributed by atoms with Crippen molar-refractivity contribution in [3.63, 3.8) is 0 Å². The zero-order valence-corrected chi connectivity index (χ0v) is 7.68. The molecule has 0 spiro atoms. The number of nitrogens with one attached hydrogen (secondary N) is 1. The minimum atomic E-state index is -4.33. The third-order valence-corrected chi connectivity index (χ3v) is 2.20. The fourth-order valence-electron chi connectivity index (χ4n) is 1.48. The summed E-state index contributed by atoms with van der Waals surface area (Å²) in [6, 6.07) is -0.369. The van der Waals surface area contributed by atoms with Gasteiger partial charge in [-0.15, -0.1) is 0 Å². The number of halogens is 3. The zero-order chi connectivity index (χ0) is 10.6. The molecule has 0 amide bonds. The molecule has 2 N–H and O–H groups in total. The summed E-state index contributed by atoms with van der Waals surface area (Å²) in [5.74, 6) is 0.